The van der Waals surface area contributed by atoms with E-state index in [4.69, 9.17) is 20.0 Å². The van der Waals surface area contributed by atoms with Crippen LogP contribution in [0.15, 0.2) is 54.6 Å². The van der Waals surface area contributed by atoms with Crippen LogP contribution in [0.2, 0.25) is 0 Å². The number of carbonyl (C=O) groups excluding carboxylic acids is 3. The van der Waals surface area contributed by atoms with Crippen LogP contribution in [0.4, 0.5) is 9.59 Å². The van der Waals surface area contributed by atoms with Gasteiger partial charge in [-0.25, -0.2) is 14.4 Å². The zero-order valence-electron chi connectivity index (χ0n) is 17.8. The molecule has 0 bridgehead atoms. The quantitative estimate of drug-likeness (QED) is 0.322. The van der Waals surface area contributed by atoms with Crippen molar-refractivity contribution in [3.05, 3.63) is 71.3 Å². The molecule has 0 aromatic heterocycles. The molecule has 10 heteroatoms. The lowest BCUT2D eigenvalue weighted by Gasteiger charge is -2.16. The fraction of sp³-hybridized carbons (Fsp3) is 0.261. The molecule has 0 heterocycles. The second kappa shape index (κ2) is 13.7. The Kier molecular flexibility index (Phi) is 10.2. The molecular formula is C23H23N5O5. The van der Waals surface area contributed by atoms with Crippen LogP contribution < -0.4 is 10.6 Å². The molecule has 10 nitrogen and oxygen atoms in total. The Morgan fingerprint density at radius 2 is 1.42 bits per heavy atom. The minimum Gasteiger partial charge on any atom is -0.458 e. The van der Waals surface area contributed by atoms with Crippen molar-refractivity contribution in [2.24, 2.45) is 0 Å². The summed E-state index contributed by atoms with van der Waals surface area (Å²) in [6, 6.07) is 18.8. The summed E-state index contributed by atoms with van der Waals surface area (Å²) >= 11 is 0. The number of amides is 3. The summed E-state index contributed by atoms with van der Waals surface area (Å²) in [5.74, 6) is -0.494. The summed E-state index contributed by atoms with van der Waals surface area (Å²) < 4.78 is 10.0. The molecule has 0 aliphatic rings. The molecule has 0 radical (unpaired) electrons. The molecule has 0 aliphatic carbocycles. The highest BCUT2D eigenvalue weighted by molar-refractivity contribution is 5.89. The van der Waals surface area contributed by atoms with E-state index in [9.17, 15) is 14.4 Å². The van der Waals surface area contributed by atoms with E-state index in [-0.39, 0.29) is 39.4 Å². The van der Waals surface area contributed by atoms with Gasteiger partial charge >= 0.3 is 18.1 Å². The van der Waals surface area contributed by atoms with E-state index < -0.39 is 18.1 Å². The highest BCUT2D eigenvalue weighted by atomic mass is 16.6. The molecule has 0 unspecified atom stereocenters. The summed E-state index contributed by atoms with van der Waals surface area (Å²) in [6.07, 6.45) is -0.659. The molecular weight excluding hydrogens is 426 g/mol. The van der Waals surface area contributed by atoms with Gasteiger partial charge in [0.2, 0.25) is 0 Å². The number of ether oxygens (including phenoxy) is 2. The predicted octanol–water partition coefficient (Wildman–Crippen LogP) is 2.33. The largest absolute Gasteiger partial charge is 0.458 e. The number of nitrogens with zero attached hydrogens (tertiary/aromatic N) is 3. The Labute approximate surface area is 191 Å². The number of nitrogens with one attached hydrogen (secondary N) is 2. The van der Waals surface area contributed by atoms with Crippen molar-refractivity contribution in [3.63, 3.8) is 0 Å². The van der Waals surface area contributed by atoms with Crippen molar-refractivity contribution >= 4 is 18.1 Å². The number of esters is 1. The van der Waals surface area contributed by atoms with Gasteiger partial charge in [-0.1, -0.05) is 42.5 Å². The van der Waals surface area contributed by atoms with Crippen LogP contribution in [0.3, 0.4) is 0 Å². The average molecular weight is 449 g/mol. The van der Waals surface area contributed by atoms with Gasteiger partial charge in [-0.05, 0) is 23.3 Å². The molecule has 2 aromatic rings. The lowest BCUT2D eigenvalue weighted by atomic mass is 10.1. The van der Waals surface area contributed by atoms with E-state index in [1.165, 1.54) is 0 Å². The van der Waals surface area contributed by atoms with E-state index >= 15 is 0 Å². The van der Waals surface area contributed by atoms with Gasteiger partial charge < -0.3 is 20.1 Å². The van der Waals surface area contributed by atoms with Crippen LogP contribution in [0.1, 0.15) is 21.5 Å². The standard InChI is InChI=1S/C23H23N5O5/c24-9-11-28(12-10-25)22(30)26-16-18-5-4-6-19(15-18)17-27-23(31)33-14-13-32-21(29)20-7-2-1-3-8-20/h1-8,15H,11-14,16-17H2,(H,26,30)(H,27,31). The number of carbonyl (C=O) groups is 3. The number of alkyl carbamates (subject to hydrolysis) is 1. The fourth-order valence-corrected chi connectivity index (χ4v) is 2.66. The van der Waals surface area contributed by atoms with Crippen LogP contribution in [0, 0.1) is 22.7 Å². The first-order valence-corrected chi connectivity index (χ1v) is 10.0. The second-order valence-corrected chi connectivity index (χ2v) is 6.64. The zero-order chi connectivity index (χ0) is 23.9. The third kappa shape index (κ3) is 8.99. The molecule has 0 spiro atoms. The van der Waals surface area contributed by atoms with Crippen molar-refractivity contribution < 1.29 is 23.9 Å². The summed E-state index contributed by atoms with van der Waals surface area (Å²) in [5.41, 5.74) is 1.97. The number of hydrogen-bond acceptors (Lipinski definition) is 7. The molecule has 3 amide bonds. The van der Waals surface area contributed by atoms with Gasteiger partial charge in [-0.2, -0.15) is 10.5 Å². The second-order valence-electron chi connectivity index (χ2n) is 6.64. The first-order valence-electron chi connectivity index (χ1n) is 10.0. The van der Waals surface area contributed by atoms with Gasteiger partial charge in [-0.3, -0.25) is 4.90 Å². The van der Waals surface area contributed by atoms with E-state index in [2.05, 4.69) is 10.6 Å². The molecule has 170 valence electrons. The van der Waals surface area contributed by atoms with E-state index in [1.807, 2.05) is 12.1 Å². The third-order valence-electron chi connectivity index (χ3n) is 4.24. The van der Waals surface area contributed by atoms with Gasteiger partial charge in [0, 0.05) is 13.1 Å². The molecule has 2 aromatic carbocycles. The van der Waals surface area contributed by atoms with Crippen molar-refractivity contribution in [2.45, 2.75) is 13.1 Å². The van der Waals surface area contributed by atoms with Crippen LogP contribution in [0.5, 0.6) is 0 Å². The minimum atomic E-state index is -0.659. The molecule has 0 saturated carbocycles. The summed E-state index contributed by atoms with van der Waals surface area (Å²) in [4.78, 5) is 36.8. The number of rotatable bonds is 10. The molecule has 0 fully saturated rings. The number of nitriles is 2. The van der Waals surface area contributed by atoms with Crippen LogP contribution >= 0.6 is 0 Å². The normalized spacial score (nSPS) is 9.64. The maximum Gasteiger partial charge on any atom is 0.407 e. The van der Waals surface area contributed by atoms with Gasteiger partial charge in [0.1, 0.15) is 26.3 Å². The van der Waals surface area contributed by atoms with Crippen molar-refractivity contribution in [3.8, 4) is 12.1 Å². The Bertz CT molecular complexity index is 1010. The fourth-order valence-electron chi connectivity index (χ4n) is 2.66. The number of hydrogen-bond donors (Lipinski definition) is 2. The molecule has 2 rings (SSSR count). The SMILES string of the molecule is N#CCN(CC#N)C(=O)NCc1cccc(CNC(=O)OCCOC(=O)c2ccccc2)c1. The summed E-state index contributed by atoms with van der Waals surface area (Å²) in [5, 5.41) is 22.7. The Hall–Kier alpha value is -4.57. The molecule has 0 atom stereocenters. The van der Waals surface area contributed by atoms with Crippen LogP contribution in [0.25, 0.3) is 0 Å². The summed E-state index contributed by atoms with van der Waals surface area (Å²) in [7, 11) is 0. The number of benzene rings is 2. The van der Waals surface area contributed by atoms with Crippen molar-refractivity contribution in [1.82, 2.24) is 15.5 Å². The van der Waals surface area contributed by atoms with Gasteiger partial charge in [-0.15, -0.1) is 0 Å². The summed E-state index contributed by atoms with van der Waals surface area (Å²) in [6.45, 7) is -0.131. The number of urea groups is 1. The van der Waals surface area contributed by atoms with Crippen LogP contribution in [-0.4, -0.2) is 49.3 Å². The molecule has 0 saturated heterocycles. The monoisotopic (exact) mass is 449 g/mol. The Balaban J connectivity index is 1.70. The van der Waals surface area contributed by atoms with E-state index in [1.54, 1.807) is 54.6 Å². The van der Waals surface area contributed by atoms with Crippen molar-refractivity contribution in [1.29, 1.82) is 10.5 Å². The van der Waals surface area contributed by atoms with E-state index in [0.717, 1.165) is 16.0 Å². The highest BCUT2D eigenvalue weighted by Crippen LogP contribution is 2.06. The topological polar surface area (TPSA) is 145 Å². The molecule has 2 N–H and O–H groups in total. The Morgan fingerprint density at radius 1 is 0.818 bits per heavy atom. The zero-order valence-corrected chi connectivity index (χ0v) is 17.8. The van der Waals surface area contributed by atoms with E-state index in [0.29, 0.717) is 5.56 Å². The van der Waals surface area contributed by atoms with Gasteiger partial charge in [0.25, 0.3) is 0 Å². The lowest BCUT2D eigenvalue weighted by molar-refractivity contribution is 0.0400. The first-order chi connectivity index (χ1) is 16.0. The first kappa shape index (κ1) is 24.7. The Morgan fingerprint density at radius 3 is 2.06 bits per heavy atom. The average Bonchev–Trinajstić information content (AvgIpc) is 2.84. The molecule has 0 aliphatic heterocycles. The lowest BCUT2D eigenvalue weighted by Crippen LogP contribution is -2.40. The minimum absolute atomic E-state index is 0.0645. The van der Waals surface area contributed by atoms with Gasteiger partial charge in [0.15, 0.2) is 0 Å². The van der Waals surface area contributed by atoms with Gasteiger partial charge in [0.05, 0.1) is 17.7 Å². The highest BCUT2D eigenvalue weighted by Gasteiger charge is 2.12. The molecule has 33 heavy (non-hydrogen) atoms. The third-order valence-corrected chi connectivity index (χ3v) is 4.24. The predicted molar refractivity (Wildman–Crippen MR) is 116 cm³/mol. The van der Waals surface area contributed by atoms with Crippen molar-refractivity contribution in [2.75, 3.05) is 26.3 Å². The maximum absolute atomic E-state index is 12.1. The smallest absolute Gasteiger partial charge is 0.407 e. The maximum atomic E-state index is 12.1. The van der Waals surface area contributed by atoms with Crippen LogP contribution in [-0.2, 0) is 22.6 Å².